The van der Waals surface area contributed by atoms with Crippen LogP contribution in [0.25, 0.3) is 10.9 Å². The second-order valence-electron chi connectivity index (χ2n) is 10.6. The Kier molecular flexibility index (Phi) is 8.30. The van der Waals surface area contributed by atoms with E-state index in [-0.39, 0.29) is 36.2 Å². The number of halogens is 3. The molecule has 2 N–H and O–H groups in total. The Balaban J connectivity index is 1.16. The molecule has 5 rings (SSSR count). The summed E-state index contributed by atoms with van der Waals surface area (Å²) in [5, 5.41) is 10.8. The van der Waals surface area contributed by atoms with Gasteiger partial charge in [-0.2, -0.15) is 18.3 Å². The number of likely N-dealkylation sites (tertiary alicyclic amines) is 1. The van der Waals surface area contributed by atoms with Crippen molar-refractivity contribution in [3.8, 4) is 0 Å². The Bertz CT molecular complexity index is 1330. The SMILES string of the molecule is CCOC(=O)[C@H]1CC[C@@H](N2CC(NC(=O)CNc3nn(Cc4ccccc4)c4ccc(C(F)(F)F)cc34)C2)CC1. The highest BCUT2D eigenvalue weighted by atomic mass is 19.4. The van der Waals surface area contributed by atoms with E-state index >= 15 is 0 Å². The van der Waals surface area contributed by atoms with Crippen LogP contribution in [-0.4, -0.2) is 64.9 Å². The normalized spacial score (nSPS) is 20.2. The zero-order chi connectivity index (χ0) is 28.3. The van der Waals surface area contributed by atoms with Gasteiger partial charge >= 0.3 is 12.1 Å². The van der Waals surface area contributed by atoms with Crippen molar-refractivity contribution in [3.05, 3.63) is 59.7 Å². The van der Waals surface area contributed by atoms with E-state index in [4.69, 9.17) is 4.74 Å². The van der Waals surface area contributed by atoms with Gasteiger partial charge in [-0.3, -0.25) is 19.2 Å². The third-order valence-electron chi connectivity index (χ3n) is 7.78. The first-order valence-electron chi connectivity index (χ1n) is 13.8. The number of nitrogens with one attached hydrogen (secondary N) is 2. The van der Waals surface area contributed by atoms with E-state index in [2.05, 4.69) is 20.6 Å². The number of fused-ring (bicyclic) bond motifs is 1. The molecule has 0 unspecified atom stereocenters. The van der Waals surface area contributed by atoms with Crippen molar-refractivity contribution in [1.29, 1.82) is 0 Å². The van der Waals surface area contributed by atoms with Crippen LogP contribution in [0.5, 0.6) is 0 Å². The van der Waals surface area contributed by atoms with E-state index in [9.17, 15) is 22.8 Å². The van der Waals surface area contributed by atoms with E-state index in [1.807, 2.05) is 37.3 Å². The van der Waals surface area contributed by atoms with E-state index in [1.54, 1.807) is 4.68 Å². The molecular formula is C29H34F3N5O3. The summed E-state index contributed by atoms with van der Waals surface area (Å²) in [5.41, 5.74) is 0.740. The fourth-order valence-corrected chi connectivity index (χ4v) is 5.64. The van der Waals surface area contributed by atoms with E-state index in [0.717, 1.165) is 56.5 Å². The maximum atomic E-state index is 13.4. The number of anilines is 1. The number of carbonyl (C=O) groups is 2. The molecule has 1 aliphatic heterocycles. The molecule has 2 fully saturated rings. The summed E-state index contributed by atoms with van der Waals surface area (Å²) in [7, 11) is 0. The molecule has 0 spiro atoms. The number of amides is 1. The van der Waals surface area contributed by atoms with E-state index in [1.165, 1.54) is 6.07 Å². The first kappa shape index (κ1) is 27.9. The lowest BCUT2D eigenvalue weighted by Crippen LogP contribution is -2.63. The summed E-state index contributed by atoms with van der Waals surface area (Å²) in [6.45, 7) is 3.98. The summed E-state index contributed by atoms with van der Waals surface area (Å²) < 4.78 is 47.0. The summed E-state index contributed by atoms with van der Waals surface area (Å²) in [5.74, 6) is -0.123. The second-order valence-corrected chi connectivity index (χ2v) is 10.6. The number of nitrogens with zero attached hydrogens (tertiary/aromatic N) is 3. The molecule has 1 saturated heterocycles. The van der Waals surface area contributed by atoms with Crippen LogP contribution in [0.1, 0.15) is 43.7 Å². The number of alkyl halides is 3. The number of hydrogen-bond donors (Lipinski definition) is 2. The molecule has 214 valence electrons. The number of ether oxygens (including phenoxy) is 1. The van der Waals surface area contributed by atoms with Crippen LogP contribution in [0.15, 0.2) is 48.5 Å². The summed E-state index contributed by atoms with van der Waals surface area (Å²) in [6, 6.07) is 13.5. The predicted octanol–water partition coefficient (Wildman–Crippen LogP) is 4.44. The molecule has 1 saturated carbocycles. The van der Waals surface area contributed by atoms with Crippen LogP contribution in [0, 0.1) is 5.92 Å². The molecule has 3 aromatic rings. The van der Waals surface area contributed by atoms with Crippen LogP contribution < -0.4 is 10.6 Å². The van der Waals surface area contributed by atoms with Crippen molar-refractivity contribution in [3.63, 3.8) is 0 Å². The van der Waals surface area contributed by atoms with E-state index in [0.29, 0.717) is 30.1 Å². The van der Waals surface area contributed by atoms with Gasteiger partial charge in [0, 0.05) is 24.5 Å². The van der Waals surface area contributed by atoms with Gasteiger partial charge in [0.25, 0.3) is 0 Å². The Morgan fingerprint density at radius 1 is 1.05 bits per heavy atom. The molecule has 2 aliphatic rings. The standard InChI is InChI=1S/C29H34F3N5O3/c1-2-40-28(39)20-8-11-23(12-9-20)36-17-22(18-36)34-26(38)15-33-27-24-14-21(29(30,31)32)10-13-25(24)37(35-27)16-19-6-4-3-5-7-19/h3-7,10,13-14,20,22-23H,2,8-9,11-12,15-18H2,1H3,(H,33,35)(H,34,38)/t20-,23+. The topological polar surface area (TPSA) is 88.5 Å². The fourth-order valence-electron chi connectivity index (χ4n) is 5.64. The van der Waals surface area contributed by atoms with Crippen LogP contribution in [0.4, 0.5) is 19.0 Å². The molecule has 0 radical (unpaired) electrons. The smallest absolute Gasteiger partial charge is 0.416 e. The monoisotopic (exact) mass is 557 g/mol. The van der Waals surface area contributed by atoms with Gasteiger partial charge in [0.1, 0.15) is 0 Å². The lowest BCUT2D eigenvalue weighted by molar-refractivity contribution is -0.149. The molecule has 8 nitrogen and oxygen atoms in total. The highest BCUT2D eigenvalue weighted by Crippen LogP contribution is 2.34. The fraction of sp³-hybridized carbons (Fsp3) is 0.483. The van der Waals surface area contributed by atoms with Crippen LogP contribution in [0.3, 0.4) is 0 Å². The van der Waals surface area contributed by atoms with Crippen LogP contribution in [-0.2, 0) is 27.0 Å². The molecule has 2 heterocycles. The van der Waals surface area contributed by atoms with Crippen LogP contribution in [0.2, 0.25) is 0 Å². The zero-order valence-electron chi connectivity index (χ0n) is 22.4. The van der Waals surface area contributed by atoms with Crippen molar-refractivity contribution < 1.29 is 27.5 Å². The number of hydrogen-bond acceptors (Lipinski definition) is 6. The quantitative estimate of drug-likeness (QED) is 0.379. The van der Waals surface area contributed by atoms with Gasteiger partial charge in [-0.1, -0.05) is 30.3 Å². The van der Waals surface area contributed by atoms with Crippen molar-refractivity contribution in [2.45, 2.75) is 57.4 Å². The van der Waals surface area contributed by atoms with Gasteiger partial charge in [-0.15, -0.1) is 0 Å². The molecule has 40 heavy (non-hydrogen) atoms. The lowest BCUT2D eigenvalue weighted by atomic mass is 9.84. The highest BCUT2D eigenvalue weighted by molar-refractivity contribution is 5.92. The predicted molar refractivity (Wildman–Crippen MR) is 145 cm³/mol. The first-order chi connectivity index (χ1) is 19.2. The number of esters is 1. The number of rotatable bonds is 9. The zero-order valence-corrected chi connectivity index (χ0v) is 22.4. The number of aromatic nitrogens is 2. The van der Waals surface area contributed by atoms with Gasteiger partial charge in [0.2, 0.25) is 5.91 Å². The summed E-state index contributed by atoms with van der Waals surface area (Å²) >= 11 is 0. The Labute approximate surface area is 230 Å². The van der Waals surface area contributed by atoms with Crippen LogP contribution >= 0.6 is 0 Å². The minimum absolute atomic E-state index is 0.0151. The maximum absolute atomic E-state index is 13.4. The Hall–Kier alpha value is -3.60. The minimum atomic E-state index is -4.49. The Morgan fingerprint density at radius 2 is 1.77 bits per heavy atom. The molecule has 0 atom stereocenters. The molecular weight excluding hydrogens is 523 g/mol. The van der Waals surface area contributed by atoms with Gasteiger partial charge in [-0.05, 0) is 56.4 Å². The summed E-state index contributed by atoms with van der Waals surface area (Å²) in [6.07, 6.45) is -0.975. The molecule has 11 heteroatoms. The maximum Gasteiger partial charge on any atom is 0.416 e. The van der Waals surface area contributed by atoms with Crippen molar-refractivity contribution in [1.82, 2.24) is 20.0 Å². The molecule has 1 amide bonds. The largest absolute Gasteiger partial charge is 0.466 e. The second kappa shape index (κ2) is 11.9. The first-order valence-corrected chi connectivity index (χ1v) is 13.8. The summed E-state index contributed by atoms with van der Waals surface area (Å²) in [4.78, 5) is 27.0. The third-order valence-corrected chi connectivity index (χ3v) is 7.78. The van der Waals surface area contributed by atoms with Gasteiger partial charge in [0.05, 0.1) is 42.7 Å². The number of carbonyl (C=O) groups excluding carboxylic acids is 2. The Morgan fingerprint density at radius 3 is 2.45 bits per heavy atom. The van der Waals surface area contributed by atoms with Gasteiger partial charge in [-0.25, -0.2) is 0 Å². The third kappa shape index (κ3) is 6.41. The number of benzene rings is 2. The van der Waals surface area contributed by atoms with Crippen molar-refractivity contribution in [2.24, 2.45) is 5.92 Å². The highest BCUT2D eigenvalue weighted by Gasteiger charge is 2.37. The van der Waals surface area contributed by atoms with Crippen molar-refractivity contribution >= 4 is 28.6 Å². The minimum Gasteiger partial charge on any atom is -0.466 e. The molecule has 2 aromatic carbocycles. The molecule has 1 aromatic heterocycles. The van der Waals surface area contributed by atoms with E-state index < -0.39 is 11.7 Å². The van der Waals surface area contributed by atoms with Gasteiger partial charge < -0.3 is 15.4 Å². The van der Waals surface area contributed by atoms with Crippen molar-refractivity contribution in [2.75, 3.05) is 31.6 Å². The average Bonchev–Trinajstić information content (AvgIpc) is 3.26. The van der Waals surface area contributed by atoms with Gasteiger partial charge in [0.15, 0.2) is 5.82 Å². The molecule has 1 aliphatic carbocycles. The average molecular weight is 558 g/mol. The molecule has 0 bridgehead atoms. The lowest BCUT2D eigenvalue weighted by Gasteiger charge is -2.46.